The van der Waals surface area contributed by atoms with Gasteiger partial charge in [-0.3, -0.25) is 0 Å². The molecular weight excluding hydrogens is 214 g/mol. The lowest BCUT2D eigenvalue weighted by Crippen LogP contribution is -2.34. The van der Waals surface area contributed by atoms with Crippen molar-refractivity contribution in [2.45, 2.75) is 19.9 Å². The third kappa shape index (κ3) is 3.44. The van der Waals surface area contributed by atoms with Gasteiger partial charge < -0.3 is 10.4 Å². The first-order valence-electron chi connectivity index (χ1n) is 4.75. The van der Waals surface area contributed by atoms with Gasteiger partial charge in [0.15, 0.2) is 0 Å². The molecule has 0 aliphatic rings. The summed E-state index contributed by atoms with van der Waals surface area (Å²) >= 11 is 5.80. The molecule has 0 aliphatic heterocycles. The van der Waals surface area contributed by atoms with Gasteiger partial charge in [-0.05, 0) is 24.1 Å². The Morgan fingerprint density at radius 1 is 1.47 bits per heavy atom. The van der Waals surface area contributed by atoms with E-state index in [1.165, 1.54) is 0 Å². The summed E-state index contributed by atoms with van der Waals surface area (Å²) in [5, 5.41) is 12.5. The standard InChI is InChI=1S/C11H14ClNO2/c1-7(2)10(11(14)15)13-9-5-3-4-8(12)6-9/h3-7,10,13H,1-2H3,(H,14,15). The van der Waals surface area contributed by atoms with E-state index in [9.17, 15) is 4.79 Å². The van der Waals surface area contributed by atoms with Gasteiger partial charge in [0, 0.05) is 10.7 Å². The number of hydrogen-bond acceptors (Lipinski definition) is 2. The zero-order chi connectivity index (χ0) is 11.4. The fraction of sp³-hybridized carbons (Fsp3) is 0.364. The molecule has 0 radical (unpaired) electrons. The summed E-state index contributed by atoms with van der Waals surface area (Å²) in [6.45, 7) is 3.71. The summed E-state index contributed by atoms with van der Waals surface area (Å²) in [5.41, 5.74) is 0.726. The number of benzene rings is 1. The quantitative estimate of drug-likeness (QED) is 0.832. The van der Waals surface area contributed by atoms with Crippen LogP contribution in [0.25, 0.3) is 0 Å². The highest BCUT2D eigenvalue weighted by molar-refractivity contribution is 6.30. The molecule has 0 fully saturated rings. The van der Waals surface area contributed by atoms with Crippen LogP contribution in [-0.4, -0.2) is 17.1 Å². The fourth-order valence-electron chi connectivity index (χ4n) is 1.27. The van der Waals surface area contributed by atoms with Crippen molar-refractivity contribution in [1.29, 1.82) is 0 Å². The molecule has 0 heterocycles. The molecule has 1 atom stereocenters. The van der Waals surface area contributed by atoms with E-state index in [0.717, 1.165) is 5.69 Å². The zero-order valence-electron chi connectivity index (χ0n) is 8.70. The second kappa shape index (κ2) is 5.03. The Morgan fingerprint density at radius 2 is 2.13 bits per heavy atom. The third-order valence-corrected chi connectivity index (χ3v) is 2.31. The summed E-state index contributed by atoms with van der Waals surface area (Å²) in [4.78, 5) is 10.9. The van der Waals surface area contributed by atoms with Crippen molar-refractivity contribution in [3.05, 3.63) is 29.3 Å². The molecule has 1 unspecified atom stereocenters. The van der Waals surface area contributed by atoms with E-state index >= 15 is 0 Å². The highest BCUT2D eigenvalue weighted by Crippen LogP contribution is 2.17. The van der Waals surface area contributed by atoms with Crippen molar-refractivity contribution < 1.29 is 9.90 Å². The van der Waals surface area contributed by atoms with Gasteiger partial charge in [0.1, 0.15) is 6.04 Å². The van der Waals surface area contributed by atoms with E-state index in [-0.39, 0.29) is 5.92 Å². The number of halogens is 1. The van der Waals surface area contributed by atoms with E-state index in [1.807, 2.05) is 13.8 Å². The molecule has 4 heteroatoms. The van der Waals surface area contributed by atoms with Crippen molar-refractivity contribution in [1.82, 2.24) is 0 Å². The average molecular weight is 228 g/mol. The summed E-state index contributed by atoms with van der Waals surface area (Å²) in [6, 6.07) is 6.44. The molecular formula is C11H14ClNO2. The normalized spacial score (nSPS) is 12.5. The summed E-state index contributed by atoms with van der Waals surface area (Å²) in [6.07, 6.45) is 0. The van der Waals surface area contributed by atoms with Crippen LogP contribution in [0.1, 0.15) is 13.8 Å². The molecule has 1 aromatic carbocycles. The second-order valence-electron chi connectivity index (χ2n) is 3.71. The Kier molecular flexibility index (Phi) is 3.97. The number of carbonyl (C=O) groups is 1. The van der Waals surface area contributed by atoms with Gasteiger partial charge >= 0.3 is 5.97 Å². The van der Waals surface area contributed by atoms with Crippen LogP contribution in [0.15, 0.2) is 24.3 Å². The Morgan fingerprint density at radius 3 is 2.60 bits per heavy atom. The number of nitrogens with one attached hydrogen (secondary N) is 1. The Balaban J connectivity index is 2.79. The average Bonchev–Trinajstić information content (AvgIpc) is 2.13. The third-order valence-electron chi connectivity index (χ3n) is 2.08. The number of carboxylic acids is 1. The van der Waals surface area contributed by atoms with E-state index < -0.39 is 12.0 Å². The smallest absolute Gasteiger partial charge is 0.326 e. The van der Waals surface area contributed by atoms with Gasteiger partial charge in [-0.2, -0.15) is 0 Å². The topological polar surface area (TPSA) is 49.3 Å². The zero-order valence-corrected chi connectivity index (χ0v) is 9.45. The first-order valence-corrected chi connectivity index (χ1v) is 5.13. The van der Waals surface area contributed by atoms with Crippen LogP contribution in [0.3, 0.4) is 0 Å². The number of aliphatic carboxylic acids is 1. The lowest BCUT2D eigenvalue weighted by atomic mass is 10.0. The van der Waals surface area contributed by atoms with Crippen molar-refractivity contribution in [3.63, 3.8) is 0 Å². The van der Waals surface area contributed by atoms with Crippen LogP contribution in [0, 0.1) is 5.92 Å². The molecule has 0 saturated heterocycles. The maximum absolute atomic E-state index is 10.9. The highest BCUT2D eigenvalue weighted by Gasteiger charge is 2.20. The molecule has 0 amide bonds. The molecule has 0 spiro atoms. The Bertz CT molecular complexity index is 352. The van der Waals surface area contributed by atoms with Crippen molar-refractivity contribution >= 4 is 23.3 Å². The Labute approximate surface area is 94.1 Å². The van der Waals surface area contributed by atoms with Gasteiger partial charge in [0.2, 0.25) is 0 Å². The predicted octanol–water partition coefficient (Wildman–Crippen LogP) is 2.86. The van der Waals surface area contributed by atoms with Gasteiger partial charge in [-0.1, -0.05) is 31.5 Å². The van der Waals surface area contributed by atoms with Gasteiger partial charge in [-0.25, -0.2) is 4.79 Å². The molecule has 1 aromatic rings. The van der Waals surface area contributed by atoms with Crippen LogP contribution in [0.2, 0.25) is 5.02 Å². The maximum Gasteiger partial charge on any atom is 0.326 e. The molecule has 82 valence electrons. The highest BCUT2D eigenvalue weighted by atomic mass is 35.5. The van der Waals surface area contributed by atoms with Crippen molar-refractivity contribution in [2.24, 2.45) is 5.92 Å². The number of anilines is 1. The molecule has 3 nitrogen and oxygen atoms in total. The van der Waals surface area contributed by atoms with Crippen LogP contribution >= 0.6 is 11.6 Å². The van der Waals surface area contributed by atoms with E-state index in [4.69, 9.17) is 16.7 Å². The fourth-order valence-corrected chi connectivity index (χ4v) is 1.46. The summed E-state index contributed by atoms with van der Waals surface area (Å²) in [5.74, 6) is -0.841. The van der Waals surface area contributed by atoms with Crippen LogP contribution in [-0.2, 0) is 4.79 Å². The molecule has 0 saturated carbocycles. The molecule has 15 heavy (non-hydrogen) atoms. The maximum atomic E-state index is 10.9. The second-order valence-corrected chi connectivity index (χ2v) is 4.15. The van der Waals surface area contributed by atoms with E-state index in [1.54, 1.807) is 24.3 Å². The minimum atomic E-state index is -0.857. The minimum Gasteiger partial charge on any atom is -0.480 e. The first kappa shape index (κ1) is 11.9. The molecule has 0 aromatic heterocycles. The van der Waals surface area contributed by atoms with E-state index in [0.29, 0.717) is 5.02 Å². The van der Waals surface area contributed by atoms with Crippen LogP contribution in [0.5, 0.6) is 0 Å². The number of carboxylic acid groups (broad SMARTS) is 1. The molecule has 0 aliphatic carbocycles. The first-order chi connectivity index (χ1) is 7.00. The minimum absolute atomic E-state index is 0.0153. The van der Waals surface area contributed by atoms with Gasteiger partial charge in [0.05, 0.1) is 0 Å². The van der Waals surface area contributed by atoms with E-state index in [2.05, 4.69) is 5.32 Å². The summed E-state index contributed by atoms with van der Waals surface area (Å²) < 4.78 is 0. The monoisotopic (exact) mass is 227 g/mol. The van der Waals surface area contributed by atoms with Crippen LogP contribution in [0.4, 0.5) is 5.69 Å². The van der Waals surface area contributed by atoms with Gasteiger partial charge in [0.25, 0.3) is 0 Å². The lowest BCUT2D eigenvalue weighted by Gasteiger charge is -2.19. The van der Waals surface area contributed by atoms with Crippen molar-refractivity contribution in [3.8, 4) is 0 Å². The molecule has 2 N–H and O–H groups in total. The largest absolute Gasteiger partial charge is 0.480 e. The van der Waals surface area contributed by atoms with Crippen LogP contribution < -0.4 is 5.32 Å². The Hall–Kier alpha value is -1.22. The van der Waals surface area contributed by atoms with Gasteiger partial charge in [-0.15, -0.1) is 0 Å². The SMILES string of the molecule is CC(C)C(Nc1cccc(Cl)c1)C(=O)O. The molecule has 1 rings (SSSR count). The molecule has 0 bridgehead atoms. The lowest BCUT2D eigenvalue weighted by molar-refractivity contribution is -0.138. The summed E-state index contributed by atoms with van der Waals surface area (Å²) in [7, 11) is 0. The van der Waals surface area contributed by atoms with Crippen molar-refractivity contribution in [2.75, 3.05) is 5.32 Å². The predicted molar refractivity (Wildman–Crippen MR) is 61.3 cm³/mol. The number of rotatable bonds is 4. The number of hydrogen-bond donors (Lipinski definition) is 2.